The van der Waals surface area contributed by atoms with E-state index in [2.05, 4.69) is 23.7 Å². The quantitative estimate of drug-likeness (QED) is 0.462. The number of rotatable bonds is 3. The minimum Gasteiger partial charge on any atom is -0.226 e. The van der Waals surface area contributed by atoms with E-state index in [4.69, 9.17) is 16.6 Å². The molecular formula is C17H13ClN2S. The van der Waals surface area contributed by atoms with E-state index in [9.17, 15) is 0 Å². The van der Waals surface area contributed by atoms with Crippen LogP contribution >= 0.6 is 22.9 Å². The van der Waals surface area contributed by atoms with Crippen molar-refractivity contribution in [2.24, 2.45) is 0 Å². The summed E-state index contributed by atoms with van der Waals surface area (Å²) in [4.78, 5) is 9.14. The Hall–Kier alpha value is -1.97. The summed E-state index contributed by atoms with van der Waals surface area (Å²) in [5.74, 6) is 0.619. The van der Waals surface area contributed by atoms with Gasteiger partial charge >= 0.3 is 0 Å². The van der Waals surface area contributed by atoms with Gasteiger partial charge in [-0.3, -0.25) is 0 Å². The summed E-state index contributed by atoms with van der Waals surface area (Å²) in [5, 5.41) is 1.61. The number of fused-ring (bicyclic) bond motifs is 3. The first-order chi connectivity index (χ1) is 10.2. The second kappa shape index (κ2) is 5.80. The lowest BCUT2D eigenvalue weighted by Crippen LogP contribution is -1.93. The maximum atomic E-state index is 6.36. The molecule has 0 unspecified atom stereocenters. The predicted octanol–water partition coefficient (Wildman–Crippen LogP) is 5.64. The third-order valence-electron chi connectivity index (χ3n) is 3.08. The van der Waals surface area contributed by atoms with Gasteiger partial charge in [0.1, 0.15) is 0 Å². The second-order valence-electron chi connectivity index (χ2n) is 4.47. The first kappa shape index (κ1) is 14.0. The Morgan fingerprint density at radius 2 is 2.10 bits per heavy atom. The van der Waals surface area contributed by atoms with E-state index in [0.29, 0.717) is 11.0 Å². The molecular weight excluding hydrogens is 300 g/mol. The van der Waals surface area contributed by atoms with Gasteiger partial charge in [0.25, 0.3) is 0 Å². The highest BCUT2D eigenvalue weighted by Gasteiger charge is 2.13. The zero-order chi connectivity index (χ0) is 14.8. The van der Waals surface area contributed by atoms with E-state index in [-0.39, 0.29) is 0 Å². The molecule has 104 valence electrons. The Balaban J connectivity index is 2.33. The van der Waals surface area contributed by atoms with Gasteiger partial charge in [0, 0.05) is 15.7 Å². The van der Waals surface area contributed by atoms with Gasteiger partial charge in [0.05, 0.1) is 10.2 Å². The number of thiophene rings is 1. The van der Waals surface area contributed by atoms with Crippen molar-refractivity contribution in [2.75, 3.05) is 0 Å². The van der Waals surface area contributed by atoms with Crippen LogP contribution in [0.25, 0.3) is 25.9 Å². The van der Waals surface area contributed by atoms with Gasteiger partial charge in [-0.1, -0.05) is 60.7 Å². The molecule has 0 fully saturated rings. The Bertz CT molecular complexity index is 890. The number of hydrogen-bond acceptors (Lipinski definition) is 3. The molecule has 0 aliphatic carbocycles. The molecule has 2 aromatic heterocycles. The topological polar surface area (TPSA) is 25.8 Å². The third kappa shape index (κ3) is 2.50. The number of allylic oxidation sites excluding steroid dienone is 5. The van der Waals surface area contributed by atoms with E-state index in [1.54, 1.807) is 17.4 Å². The molecule has 3 aromatic rings. The smallest absolute Gasteiger partial charge is 0.161 e. The first-order valence-corrected chi connectivity index (χ1v) is 7.74. The molecule has 21 heavy (non-hydrogen) atoms. The summed E-state index contributed by atoms with van der Waals surface area (Å²) in [6.45, 7) is 5.69. The summed E-state index contributed by atoms with van der Waals surface area (Å²) < 4.78 is 2.10. The van der Waals surface area contributed by atoms with Crippen LogP contribution in [0, 0.1) is 0 Å². The molecule has 2 heterocycles. The van der Waals surface area contributed by atoms with Crippen LogP contribution in [-0.2, 0) is 0 Å². The fraction of sp³-hybridized carbons (Fsp3) is 0.0588. The predicted molar refractivity (Wildman–Crippen MR) is 92.9 cm³/mol. The summed E-state index contributed by atoms with van der Waals surface area (Å²) in [5.41, 5.74) is 1.80. The number of halogens is 1. The monoisotopic (exact) mass is 312 g/mol. The number of aromatic nitrogens is 2. The maximum Gasteiger partial charge on any atom is 0.161 e. The summed E-state index contributed by atoms with van der Waals surface area (Å²) in [6, 6.07) is 8.16. The van der Waals surface area contributed by atoms with Gasteiger partial charge in [0.2, 0.25) is 0 Å². The summed E-state index contributed by atoms with van der Waals surface area (Å²) in [6.07, 6.45) is 7.50. The number of hydrogen-bond donors (Lipinski definition) is 0. The molecule has 0 atom stereocenters. The molecule has 0 spiro atoms. The van der Waals surface area contributed by atoms with Crippen molar-refractivity contribution < 1.29 is 0 Å². The van der Waals surface area contributed by atoms with Crippen molar-refractivity contribution in [1.82, 2.24) is 9.97 Å². The molecule has 0 amide bonds. The van der Waals surface area contributed by atoms with Crippen LogP contribution in [0.1, 0.15) is 12.7 Å². The average molecular weight is 313 g/mol. The average Bonchev–Trinajstić information content (AvgIpc) is 2.86. The van der Waals surface area contributed by atoms with Crippen molar-refractivity contribution in [1.29, 1.82) is 0 Å². The zero-order valence-electron chi connectivity index (χ0n) is 11.5. The molecule has 0 aliphatic heterocycles. The molecule has 1 aromatic carbocycles. The van der Waals surface area contributed by atoms with Crippen LogP contribution in [-0.4, -0.2) is 9.97 Å². The molecule has 0 N–H and O–H groups in total. The third-order valence-corrected chi connectivity index (χ3v) is 4.63. The minimum absolute atomic E-state index is 0.496. The zero-order valence-corrected chi connectivity index (χ0v) is 13.1. The lowest BCUT2D eigenvalue weighted by atomic mass is 10.2. The van der Waals surface area contributed by atoms with Crippen LogP contribution in [0.15, 0.2) is 55.1 Å². The van der Waals surface area contributed by atoms with E-state index in [1.165, 1.54) is 4.70 Å². The van der Waals surface area contributed by atoms with Crippen LogP contribution in [0.2, 0.25) is 5.15 Å². The standard InChI is InChI=1S/C17H13ClN2S/c1-3-7-11(8-4-2)17-19-14-12-9-5-6-10-13(12)21-15(14)16(18)20-17/h3-10H,1H2,2H3/b8-4-,11-7+. The van der Waals surface area contributed by atoms with Gasteiger partial charge in [0.15, 0.2) is 11.0 Å². The van der Waals surface area contributed by atoms with Crippen LogP contribution < -0.4 is 0 Å². The minimum atomic E-state index is 0.496. The fourth-order valence-electron chi connectivity index (χ4n) is 2.20. The fourth-order valence-corrected chi connectivity index (χ4v) is 3.51. The summed E-state index contributed by atoms with van der Waals surface area (Å²) in [7, 11) is 0. The highest BCUT2D eigenvalue weighted by atomic mass is 35.5. The van der Waals surface area contributed by atoms with Crippen molar-refractivity contribution in [2.45, 2.75) is 6.92 Å². The summed E-state index contributed by atoms with van der Waals surface area (Å²) >= 11 is 7.98. The largest absolute Gasteiger partial charge is 0.226 e. The Kier molecular flexibility index (Phi) is 3.86. The van der Waals surface area contributed by atoms with Crippen molar-refractivity contribution in [3.63, 3.8) is 0 Å². The van der Waals surface area contributed by atoms with Crippen molar-refractivity contribution >= 4 is 48.8 Å². The first-order valence-electron chi connectivity index (χ1n) is 6.55. The van der Waals surface area contributed by atoms with Gasteiger partial charge in [-0.15, -0.1) is 11.3 Å². The number of benzene rings is 1. The van der Waals surface area contributed by atoms with Gasteiger partial charge in [-0.05, 0) is 13.0 Å². The highest BCUT2D eigenvalue weighted by molar-refractivity contribution is 7.26. The van der Waals surface area contributed by atoms with Gasteiger partial charge < -0.3 is 0 Å². The Morgan fingerprint density at radius 3 is 2.86 bits per heavy atom. The van der Waals surface area contributed by atoms with E-state index in [0.717, 1.165) is 21.2 Å². The lowest BCUT2D eigenvalue weighted by molar-refractivity contribution is 1.18. The van der Waals surface area contributed by atoms with E-state index < -0.39 is 0 Å². The maximum absolute atomic E-state index is 6.36. The molecule has 0 bridgehead atoms. The van der Waals surface area contributed by atoms with Gasteiger partial charge in [-0.25, -0.2) is 9.97 Å². The SMILES string of the molecule is C=C/C=C(\C=C/C)c1nc(Cl)c2sc3ccccc3c2n1. The second-order valence-corrected chi connectivity index (χ2v) is 5.88. The molecule has 0 saturated heterocycles. The lowest BCUT2D eigenvalue weighted by Gasteiger charge is -2.02. The van der Waals surface area contributed by atoms with Crippen molar-refractivity contribution in [3.05, 3.63) is 66.1 Å². The van der Waals surface area contributed by atoms with Crippen molar-refractivity contribution in [3.8, 4) is 0 Å². The molecule has 0 aliphatic rings. The Morgan fingerprint density at radius 1 is 1.29 bits per heavy atom. The molecule has 0 radical (unpaired) electrons. The van der Waals surface area contributed by atoms with Crippen LogP contribution in [0.5, 0.6) is 0 Å². The molecule has 2 nitrogen and oxygen atoms in total. The normalized spacial score (nSPS) is 12.6. The van der Waals surface area contributed by atoms with Crippen LogP contribution in [0.3, 0.4) is 0 Å². The number of nitrogens with zero attached hydrogens (tertiary/aromatic N) is 2. The van der Waals surface area contributed by atoms with Crippen LogP contribution in [0.4, 0.5) is 0 Å². The molecule has 3 rings (SSSR count). The molecule has 0 saturated carbocycles. The molecule has 4 heteroatoms. The highest BCUT2D eigenvalue weighted by Crippen LogP contribution is 2.36. The van der Waals surface area contributed by atoms with E-state index >= 15 is 0 Å². The van der Waals surface area contributed by atoms with Gasteiger partial charge in [-0.2, -0.15) is 0 Å². The van der Waals surface area contributed by atoms with E-state index in [1.807, 2.05) is 37.3 Å². The Labute approximate surface area is 132 Å².